The van der Waals surface area contributed by atoms with Crippen molar-refractivity contribution in [3.63, 3.8) is 0 Å². The molecule has 22 heavy (non-hydrogen) atoms. The number of nitrogens with zero attached hydrogens (tertiary/aromatic N) is 2. The van der Waals surface area contributed by atoms with E-state index in [0.29, 0.717) is 5.11 Å². The van der Waals surface area contributed by atoms with Gasteiger partial charge in [-0.3, -0.25) is 4.98 Å². The molecular weight excluding hydrogens is 292 g/mol. The molecule has 0 saturated heterocycles. The second kappa shape index (κ2) is 6.40. The van der Waals surface area contributed by atoms with Crippen molar-refractivity contribution in [3.05, 3.63) is 54.0 Å². The number of aryl methyl sites for hydroxylation is 1. The third-order valence-electron chi connectivity index (χ3n) is 4.12. The second-order valence-electron chi connectivity index (χ2n) is 5.80. The van der Waals surface area contributed by atoms with Crippen LogP contribution in [0.25, 0.3) is 0 Å². The molecule has 0 atom stereocenters. The zero-order valence-electron chi connectivity index (χ0n) is 12.7. The van der Waals surface area contributed by atoms with E-state index in [9.17, 15) is 0 Å². The van der Waals surface area contributed by atoms with Gasteiger partial charge < -0.3 is 10.6 Å². The Morgan fingerprint density at radius 2 is 1.95 bits per heavy atom. The van der Waals surface area contributed by atoms with Crippen molar-refractivity contribution in [3.8, 4) is 0 Å². The Morgan fingerprint density at radius 1 is 1.14 bits per heavy atom. The Bertz CT molecular complexity index is 651. The van der Waals surface area contributed by atoms with Gasteiger partial charge in [0.25, 0.3) is 0 Å². The Morgan fingerprint density at radius 3 is 2.64 bits per heavy atom. The van der Waals surface area contributed by atoms with Crippen LogP contribution in [0.4, 0.5) is 5.82 Å². The molecule has 2 aromatic rings. The minimum absolute atomic E-state index is 0.158. The maximum atomic E-state index is 5.50. The summed E-state index contributed by atoms with van der Waals surface area (Å²) in [6.07, 6.45) is 8.10. The topological polar surface area (TPSA) is 49.8 Å². The van der Waals surface area contributed by atoms with Gasteiger partial charge in [-0.25, -0.2) is 4.98 Å². The average Bonchev–Trinajstić information content (AvgIpc) is 2.98. The zero-order chi connectivity index (χ0) is 15.4. The fraction of sp³-hybridized carbons (Fsp3) is 0.353. The number of hydrogen-bond acceptors (Lipinski definition) is 3. The van der Waals surface area contributed by atoms with E-state index in [1.165, 1.54) is 12.8 Å². The van der Waals surface area contributed by atoms with Crippen molar-refractivity contribution in [2.45, 2.75) is 38.1 Å². The van der Waals surface area contributed by atoms with E-state index in [4.69, 9.17) is 12.2 Å². The SMILES string of the molecule is Cc1ccnc(NC(=S)NC2(c3ccccn3)CCCC2)c1. The van der Waals surface area contributed by atoms with Gasteiger partial charge in [-0.05, 0) is 61.8 Å². The van der Waals surface area contributed by atoms with Crippen molar-refractivity contribution in [1.29, 1.82) is 0 Å². The predicted octanol–water partition coefficient (Wildman–Crippen LogP) is 3.54. The summed E-state index contributed by atoms with van der Waals surface area (Å²) in [6.45, 7) is 2.04. The molecule has 1 fully saturated rings. The largest absolute Gasteiger partial charge is 0.351 e. The highest BCUT2D eigenvalue weighted by molar-refractivity contribution is 7.80. The standard InChI is InChI=1S/C17H20N4S/c1-13-7-11-19-15(12-13)20-16(22)21-17(8-3-4-9-17)14-6-2-5-10-18-14/h2,5-7,10-12H,3-4,8-9H2,1H3,(H2,19,20,21,22). The van der Waals surface area contributed by atoms with Gasteiger partial charge in [-0.1, -0.05) is 18.9 Å². The van der Waals surface area contributed by atoms with E-state index in [-0.39, 0.29) is 5.54 Å². The summed E-state index contributed by atoms with van der Waals surface area (Å²) in [5.74, 6) is 0.770. The summed E-state index contributed by atoms with van der Waals surface area (Å²) in [5.41, 5.74) is 2.06. The van der Waals surface area contributed by atoms with Crippen molar-refractivity contribution >= 4 is 23.1 Å². The first kappa shape index (κ1) is 14.9. The molecule has 0 radical (unpaired) electrons. The molecule has 0 bridgehead atoms. The van der Waals surface area contributed by atoms with Crippen LogP contribution in [-0.4, -0.2) is 15.1 Å². The summed E-state index contributed by atoms with van der Waals surface area (Å²) in [6, 6.07) is 10.00. The predicted molar refractivity (Wildman–Crippen MR) is 92.7 cm³/mol. The number of thiocarbonyl (C=S) groups is 1. The first-order chi connectivity index (χ1) is 10.7. The number of hydrogen-bond donors (Lipinski definition) is 2. The summed E-state index contributed by atoms with van der Waals surface area (Å²) < 4.78 is 0. The maximum absolute atomic E-state index is 5.50. The smallest absolute Gasteiger partial charge is 0.172 e. The summed E-state index contributed by atoms with van der Waals surface area (Å²) >= 11 is 5.50. The van der Waals surface area contributed by atoms with Crippen LogP contribution in [0.5, 0.6) is 0 Å². The molecule has 114 valence electrons. The van der Waals surface area contributed by atoms with Gasteiger partial charge in [0.15, 0.2) is 5.11 Å². The Balaban J connectivity index is 1.76. The zero-order valence-corrected chi connectivity index (χ0v) is 13.5. The third-order valence-corrected chi connectivity index (χ3v) is 4.33. The molecule has 2 heterocycles. The van der Waals surface area contributed by atoms with Crippen LogP contribution in [0.2, 0.25) is 0 Å². The molecule has 1 aliphatic rings. The molecular formula is C17H20N4S. The van der Waals surface area contributed by atoms with Gasteiger partial charge in [0, 0.05) is 12.4 Å². The molecule has 1 aliphatic carbocycles. The van der Waals surface area contributed by atoms with E-state index in [1.807, 2.05) is 37.4 Å². The van der Waals surface area contributed by atoms with Crippen molar-refractivity contribution in [1.82, 2.24) is 15.3 Å². The van der Waals surface area contributed by atoms with Crippen LogP contribution in [0.1, 0.15) is 36.9 Å². The summed E-state index contributed by atoms with van der Waals surface area (Å²) in [7, 11) is 0. The minimum atomic E-state index is -0.158. The molecule has 0 amide bonds. The van der Waals surface area contributed by atoms with Crippen molar-refractivity contribution in [2.75, 3.05) is 5.32 Å². The van der Waals surface area contributed by atoms with Gasteiger partial charge >= 0.3 is 0 Å². The maximum Gasteiger partial charge on any atom is 0.172 e. The van der Waals surface area contributed by atoms with Crippen LogP contribution in [0, 0.1) is 6.92 Å². The Kier molecular flexibility index (Phi) is 4.34. The lowest BCUT2D eigenvalue weighted by Crippen LogP contribution is -2.46. The van der Waals surface area contributed by atoms with Crippen molar-refractivity contribution < 1.29 is 0 Å². The molecule has 0 aromatic carbocycles. The monoisotopic (exact) mass is 312 g/mol. The Labute approximate surface area is 136 Å². The molecule has 2 aromatic heterocycles. The lowest BCUT2D eigenvalue weighted by atomic mass is 9.93. The fourth-order valence-corrected chi connectivity index (χ4v) is 3.34. The third kappa shape index (κ3) is 3.25. The van der Waals surface area contributed by atoms with Crippen molar-refractivity contribution in [2.24, 2.45) is 0 Å². The molecule has 0 spiro atoms. The molecule has 0 aliphatic heterocycles. The highest BCUT2D eigenvalue weighted by Crippen LogP contribution is 2.37. The quantitative estimate of drug-likeness (QED) is 0.849. The minimum Gasteiger partial charge on any atom is -0.351 e. The molecule has 4 nitrogen and oxygen atoms in total. The first-order valence-corrected chi connectivity index (χ1v) is 8.02. The van der Waals surface area contributed by atoms with Gasteiger partial charge in [-0.2, -0.15) is 0 Å². The summed E-state index contributed by atoms with van der Waals surface area (Å²) in [4.78, 5) is 8.84. The van der Waals surface area contributed by atoms with Crippen LogP contribution in [-0.2, 0) is 5.54 Å². The average molecular weight is 312 g/mol. The lowest BCUT2D eigenvalue weighted by molar-refractivity contribution is 0.396. The highest BCUT2D eigenvalue weighted by Gasteiger charge is 2.37. The highest BCUT2D eigenvalue weighted by atomic mass is 32.1. The van der Waals surface area contributed by atoms with Crippen LogP contribution >= 0.6 is 12.2 Å². The van der Waals surface area contributed by atoms with E-state index >= 15 is 0 Å². The molecule has 0 unspecified atom stereocenters. The van der Waals surface area contributed by atoms with Gasteiger partial charge in [0.2, 0.25) is 0 Å². The molecule has 2 N–H and O–H groups in total. The molecule has 3 rings (SSSR count). The van der Waals surface area contributed by atoms with Crippen LogP contribution in [0.3, 0.4) is 0 Å². The number of nitrogens with one attached hydrogen (secondary N) is 2. The van der Waals surface area contributed by atoms with E-state index in [2.05, 4.69) is 26.7 Å². The lowest BCUT2D eigenvalue weighted by Gasteiger charge is -2.31. The van der Waals surface area contributed by atoms with Gasteiger partial charge in [0.1, 0.15) is 5.82 Å². The van der Waals surface area contributed by atoms with Crippen LogP contribution in [0.15, 0.2) is 42.7 Å². The van der Waals surface area contributed by atoms with Crippen LogP contribution < -0.4 is 10.6 Å². The molecule has 1 saturated carbocycles. The number of pyridine rings is 2. The summed E-state index contributed by atoms with van der Waals surface area (Å²) in [5, 5.41) is 7.28. The van der Waals surface area contributed by atoms with Gasteiger partial charge in [0.05, 0.1) is 11.2 Å². The Hall–Kier alpha value is -2.01. The normalized spacial score (nSPS) is 16.2. The molecule has 5 heteroatoms. The second-order valence-corrected chi connectivity index (χ2v) is 6.21. The fourth-order valence-electron chi connectivity index (χ4n) is 3.04. The van der Waals surface area contributed by atoms with E-state index in [1.54, 1.807) is 6.20 Å². The number of anilines is 1. The van der Waals surface area contributed by atoms with E-state index in [0.717, 1.165) is 29.9 Å². The number of aromatic nitrogens is 2. The van der Waals surface area contributed by atoms with Gasteiger partial charge in [-0.15, -0.1) is 0 Å². The van der Waals surface area contributed by atoms with E-state index < -0.39 is 0 Å². The number of rotatable bonds is 3. The first-order valence-electron chi connectivity index (χ1n) is 7.61.